The van der Waals surface area contributed by atoms with Gasteiger partial charge >= 0.3 is 0 Å². The summed E-state index contributed by atoms with van der Waals surface area (Å²) < 4.78 is 6.16. The number of pyridine rings is 2. The third-order valence-electron chi connectivity index (χ3n) is 8.41. The minimum atomic E-state index is 0.0698. The molecule has 7 rings (SSSR count). The van der Waals surface area contributed by atoms with Gasteiger partial charge in [0.05, 0.1) is 22.8 Å². The Bertz CT molecular complexity index is 1250. The van der Waals surface area contributed by atoms with E-state index in [2.05, 4.69) is 26.3 Å². The zero-order valence-corrected chi connectivity index (χ0v) is 20.4. The average molecular weight is 488 g/mol. The molecular weight excluding hydrogens is 458 g/mol. The van der Waals surface area contributed by atoms with E-state index in [4.69, 9.17) is 20.4 Å². The van der Waals surface area contributed by atoms with Crippen molar-refractivity contribution in [2.75, 3.05) is 29.9 Å². The van der Waals surface area contributed by atoms with Crippen LogP contribution in [0.5, 0.6) is 5.75 Å². The lowest BCUT2D eigenvalue weighted by atomic mass is 9.73. The molecule has 8 nitrogen and oxygen atoms in total. The summed E-state index contributed by atoms with van der Waals surface area (Å²) in [5.41, 5.74) is 9.30. The van der Waals surface area contributed by atoms with Crippen LogP contribution < -0.4 is 20.7 Å². The van der Waals surface area contributed by atoms with Crippen LogP contribution in [0, 0.1) is 5.41 Å². The number of hydrogen-bond acceptors (Lipinski definition) is 9. The van der Waals surface area contributed by atoms with Crippen molar-refractivity contribution in [1.82, 2.24) is 19.9 Å². The van der Waals surface area contributed by atoms with Gasteiger partial charge in [-0.05, 0) is 61.6 Å². The number of piperidine rings is 1. The highest BCUT2D eigenvalue weighted by Crippen LogP contribution is 2.50. The lowest BCUT2D eigenvalue weighted by molar-refractivity contribution is 0.144. The molecule has 5 heterocycles. The van der Waals surface area contributed by atoms with Gasteiger partial charge in [0.25, 0.3) is 0 Å². The molecule has 1 atom stereocenters. The van der Waals surface area contributed by atoms with Gasteiger partial charge in [-0.25, -0.2) is 15.0 Å². The molecule has 35 heavy (non-hydrogen) atoms. The van der Waals surface area contributed by atoms with Crippen LogP contribution in [-0.2, 0) is 6.42 Å². The van der Waals surface area contributed by atoms with E-state index in [0.717, 1.165) is 72.5 Å². The summed E-state index contributed by atoms with van der Waals surface area (Å²) in [4.78, 5) is 21.9. The van der Waals surface area contributed by atoms with Gasteiger partial charge in [0.1, 0.15) is 17.5 Å². The van der Waals surface area contributed by atoms with Crippen molar-refractivity contribution < 1.29 is 4.74 Å². The van der Waals surface area contributed by atoms with Crippen molar-refractivity contribution in [3.05, 3.63) is 54.2 Å². The topological polar surface area (TPSA) is 102 Å². The Kier molecular flexibility index (Phi) is 4.92. The minimum Gasteiger partial charge on any atom is -0.486 e. The van der Waals surface area contributed by atoms with Gasteiger partial charge in [-0.2, -0.15) is 0 Å². The van der Waals surface area contributed by atoms with Crippen LogP contribution >= 0.6 is 11.8 Å². The summed E-state index contributed by atoms with van der Waals surface area (Å²) in [5, 5.41) is 4.46. The van der Waals surface area contributed by atoms with Gasteiger partial charge in [0.15, 0.2) is 11.6 Å². The van der Waals surface area contributed by atoms with E-state index in [0.29, 0.717) is 6.61 Å². The number of hydrogen-bond donors (Lipinski definition) is 2. The van der Waals surface area contributed by atoms with Crippen molar-refractivity contribution in [2.24, 2.45) is 11.1 Å². The minimum absolute atomic E-state index is 0.0698. The fourth-order valence-corrected chi connectivity index (χ4v) is 6.88. The Morgan fingerprint density at radius 2 is 1.91 bits per heavy atom. The van der Waals surface area contributed by atoms with Gasteiger partial charge in [-0.1, -0.05) is 17.8 Å². The van der Waals surface area contributed by atoms with Gasteiger partial charge in [0.2, 0.25) is 0 Å². The molecule has 2 aliphatic carbocycles. The fourth-order valence-electron chi connectivity index (χ4n) is 6.07. The maximum Gasteiger partial charge on any atom is 0.175 e. The van der Waals surface area contributed by atoms with Crippen LogP contribution in [0.3, 0.4) is 0 Å². The molecule has 0 aromatic carbocycles. The maximum atomic E-state index is 6.70. The molecule has 1 saturated carbocycles. The Morgan fingerprint density at radius 1 is 1.03 bits per heavy atom. The van der Waals surface area contributed by atoms with Crippen LogP contribution in [-0.4, -0.2) is 45.2 Å². The van der Waals surface area contributed by atoms with E-state index in [1.54, 1.807) is 11.8 Å². The molecule has 0 bridgehead atoms. The lowest BCUT2D eigenvalue weighted by Gasteiger charge is -2.45. The normalized spacial score (nSPS) is 23.2. The average Bonchev–Trinajstić information content (AvgIpc) is 3.15. The van der Waals surface area contributed by atoms with E-state index in [-0.39, 0.29) is 17.0 Å². The van der Waals surface area contributed by atoms with E-state index >= 15 is 0 Å². The van der Waals surface area contributed by atoms with Crippen LogP contribution in [0.25, 0.3) is 0 Å². The molecule has 3 aromatic rings. The SMILES string of the molecule is N[C@@H]1c2cccnc2CC12CCN(c1cnc(Sc3ccnc4c3OCC3(CCC3)N4)cn1)CC2. The van der Waals surface area contributed by atoms with Crippen LogP contribution in [0.1, 0.15) is 49.4 Å². The zero-order chi connectivity index (χ0) is 23.5. The van der Waals surface area contributed by atoms with Crippen LogP contribution in [0.2, 0.25) is 0 Å². The highest BCUT2D eigenvalue weighted by molar-refractivity contribution is 7.99. The van der Waals surface area contributed by atoms with E-state index in [9.17, 15) is 0 Å². The second-order valence-electron chi connectivity index (χ2n) is 10.4. The quantitative estimate of drug-likeness (QED) is 0.568. The monoisotopic (exact) mass is 487 g/mol. The smallest absolute Gasteiger partial charge is 0.175 e. The Morgan fingerprint density at radius 3 is 2.66 bits per heavy atom. The third kappa shape index (κ3) is 3.55. The van der Waals surface area contributed by atoms with Crippen molar-refractivity contribution in [3.8, 4) is 5.75 Å². The molecule has 3 aromatic heterocycles. The first-order chi connectivity index (χ1) is 17.1. The van der Waals surface area contributed by atoms with Crippen molar-refractivity contribution in [3.63, 3.8) is 0 Å². The second kappa shape index (κ2) is 8.06. The first-order valence-corrected chi connectivity index (χ1v) is 13.3. The van der Waals surface area contributed by atoms with Crippen molar-refractivity contribution in [1.29, 1.82) is 0 Å². The summed E-state index contributed by atoms with van der Waals surface area (Å²) in [6.07, 6.45) is 14.1. The van der Waals surface area contributed by atoms with Crippen LogP contribution in [0.4, 0.5) is 11.6 Å². The predicted molar refractivity (Wildman–Crippen MR) is 135 cm³/mol. The third-order valence-corrected chi connectivity index (χ3v) is 9.37. The molecule has 4 aliphatic rings. The molecule has 0 amide bonds. The Balaban J connectivity index is 1.02. The molecule has 9 heteroatoms. The molecule has 2 aliphatic heterocycles. The van der Waals surface area contributed by atoms with Gasteiger partial charge in [-0.3, -0.25) is 4.98 Å². The number of aromatic nitrogens is 4. The second-order valence-corrected chi connectivity index (χ2v) is 11.5. The Labute approximate surface area is 209 Å². The largest absolute Gasteiger partial charge is 0.486 e. The summed E-state index contributed by atoms with van der Waals surface area (Å²) in [6.45, 7) is 2.56. The predicted octanol–water partition coefficient (Wildman–Crippen LogP) is 3.99. The molecule has 0 unspecified atom stereocenters. The number of nitrogens with two attached hydrogens (primary N) is 1. The molecule has 3 N–H and O–H groups in total. The number of rotatable bonds is 3. The Hall–Kier alpha value is -2.91. The van der Waals surface area contributed by atoms with Gasteiger partial charge in [0, 0.05) is 37.2 Å². The van der Waals surface area contributed by atoms with E-state index in [1.165, 1.54) is 17.7 Å². The molecule has 2 fully saturated rings. The lowest BCUT2D eigenvalue weighted by Crippen LogP contribution is -2.52. The fraction of sp³-hybridized carbons (Fsp3) is 0.462. The summed E-state index contributed by atoms with van der Waals surface area (Å²) in [5.74, 6) is 2.59. The first-order valence-electron chi connectivity index (χ1n) is 12.5. The highest BCUT2D eigenvalue weighted by Gasteiger charge is 2.46. The zero-order valence-electron chi connectivity index (χ0n) is 19.6. The summed E-state index contributed by atoms with van der Waals surface area (Å²) in [6, 6.07) is 6.20. The number of anilines is 2. The number of nitrogens with zero attached hydrogens (tertiary/aromatic N) is 5. The number of ether oxygens (including phenoxy) is 1. The number of fused-ring (bicyclic) bond motifs is 2. The molecule has 1 saturated heterocycles. The van der Waals surface area contributed by atoms with Crippen LogP contribution in [0.15, 0.2) is 52.9 Å². The highest BCUT2D eigenvalue weighted by atomic mass is 32.2. The van der Waals surface area contributed by atoms with E-state index < -0.39 is 0 Å². The standard InChI is InChI=1S/C26H29N7OS/c27-23-17-3-1-9-28-18(17)13-25(23)7-11-33(12-8-25)20-14-31-21(15-30-20)35-19-4-10-29-24-22(19)34-16-26(32-24)5-2-6-26/h1,3-4,9-10,14-15,23H,2,5-8,11-13,16,27H2,(H,29,32)/t23-/m1/s1. The molecular formula is C26H29N7OS. The van der Waals surface area contributed by atoms with Gasteiger partial charge < -0.3 is 20.7 Å². The van der Waals surface area contributed by atoms with Crippen molar-refractivity contribution >= 4 is 23.4 Å². The van der Waals surface area contributed by atoms with Crippen molar-refractivity contribution in [2.45, 2.75) is 60.0 Å². The van der Waals surface area contributed by atoms with E-state index in [1.807, 2.05) is 36.9 Å². The summed E-state index contributed by atoms with van der Waals surface area (Å²) >= 11 is 1.57. The van der Waals surface area contributed by atoms with Gasteiger partial charge in [-0.15, -0.1) is 0 Å². The molecule has 2 spiro atoms. The molecule has 180 valence electrons. The first kappa shape index (κ1) is 21.4. The maximum absolute atomic E-state index is 6.70. The summed E-state index contributed by atoms with van der Waals surface area (Å²) in [7, 11) is 0. The number of nitrogens with one attached hydrogen (secondary N) is 1. The molecule has 0 radical (unpaired) electrons.